The second kappa shape index (κ2) is 4.85. The Morgan fingerprint density at radius 1 is 1.37 bits per heavy atom. The Bertz CT molecular complexity index is 416. The fraction of sp³-hybridized carbons (Fsp3) is 0.800. The number of alkyl halides is 2. The van der Waals surface area contributed by atoms with Crippen LogP contribution in [0.4, 0.5) is 0 Å². The molecule has 0 aromatic carbocycles. The number of hydrogen-bond donors (Lipinski definition) is 0. The molecule has 2 nitrogen and oxygen atoms in total. The van der Waals surface area contributed by atoms with Crippen LogP contribution in [0.25, 0.3) is 0 Å². The van der Waals surface area contributed by atoms with Crippen molar-refractivity contribution in [3.8, 4) is 0 Å². The topological polar surface area (TPSA) is 26.3 Å². The molecule has 2 aliphatic rings. The summed E-state index contributed by atoms with van der Waals surface area (Å²) in [5.41, 5.74) is -1.11. The molecule has 4 atom stereocenters. The van der Waals surface area contributed by atoms with Gasteiger partial charge in [0, 0.05) is 4.83 Å². The summed E-state index contributed by atoms with van der Waals surface area (Å²) in [6.07, 6.45) is 6.21. The van der Waals surface area contributed by atoms with Crippen molar-refractivity contribution in [1.29, 1.82) is 0 Å². The number of carbonyl (C=O) groups is 1. The Balaban J connectivity index is 2.22. The van der Waals surface area contributed by atoms with Crippen molar-refractivity contribution in [3.05, 3.63) is 12.2 Å². The highest BCUT2D eigenvalue weighted by atomic mass is 79.9. The number of halogens is 2. The molecule has 0 aromatic rings. The summed E-state index contributed by atoms with van der Waals surface area (Å²) in [5.74, 6) is 0.287. The van der Waals surface area contributed by atoms with Gasteiger partial charge in [0.1, 0.15) is 5.60 Å². The maximum atomic E-state index is 12.3. The van der Waals surface area contributed by atoms with Gasteiger partial charge >= 0.3 is 0 Å². The first-order valence-electron chi connectivity index (χ1n) is 6.84. The van der Waals surface area contributed by atoms with Crippen LogP contribution in [-0.4, -0.2) is 26.7 Å². The van der Waals surface area contributed by atoms with Crippen LogP contribution in [0.3, 0.4) is 0 Å². The molecule has 1 aliphatic heterocycles. The van der Waals surface area contributed by atoms with Gasteiger partial charge in [-0.25, -0.2) is 0 Å². The molecule has 4 heteroatoms. The van der Waals surface area contributed by atoms with E-state index in [2.05, 4.69) is 22.9 Å². The molecular weight excluding hydrogens is 328 g/mol. The van der Waals surface area contributed by atoms with Gasteiger partial charge in [0.15, 0.2) is 5.78 Å². The third-order valence-corrected chi connectivity index (χ3v) is 6.61. The minimum atomic E-state index is -0.725. The zero-order valence-corrected chi connectivity index (χ0v) is 14.3. The van der Waals surface area contributed by atoms with Crippen LogP contribution >= 0.6 is 27.5 Å². The van der Waals surface area contributed by atoms with Crippen molar-refractivity contribution in [2.45, 2.75) is 67.9 Å². The smallest absolute Gasteiger partial charge is 0.187 e. The maximum Gasteiger partial charge on any atom is 0.187 e. The largest absolute Gasteiger partial charge is 0.357 e. The molecule has 108 valence electrons. The summed E-state index contributed by atoms with van der Waals surface area (Å²) in [6.45, 7) is 7.98. The van der Waals surface area contributed by atoms with Crippen molar-refractivity contribution in [2.24, 2.45) is 5.92 Å². The molecule has 0 saturated heterocycles. The molecule has 0 unspecified atom stereocenters. The molecular formula is C15H22BrClO2. The molecule has 0 aromatic heterocycles. The molecule has 0 amide bonds. The second-order valence-electron chi connectivity index (χ2n) is 6.73. The number of hydrogen-bond acceptors (Lipinski definition) is 2. The van der Waals surface area contributed by atoms with E-state index in [1.807, 2.05) is 26.8 Å². The Labute approximate surface area is 129 Å². The highest BCUT2D eigenvalue weighted by Crippen LogP contribution is 2.47. The molecule has 19 heavy (non-hydrogen) atoms. The summed E-state index contributed by atoms with van der Waals surface area (Å²) >= 11 is 10.2. The van der Waals surface area contributed by atoms with E-state index in [1.165, 1.54) is 0 Å². The first-order valence-corrected chi connectivity index (χ1v) is 8.13. The van der Waals surface area contributed by atoms with Gasteiger partial charge in [-0.2, -0.15) is 0 Å². The highest BCUT2D eigenvalue weighted by molar-refractivity contribution is 9.09. The van der Waals surface area contributed by atoms with Crippen molar-refractivity contribution in [1.82, 2.24) is 0 Å². The van der Waals surface area contributed by atoms with Gasteiger partial charge in [-0.1, -0.05) is 15.9 Å². The Kier molecular flexibility index (Phi) is 3.97. The van der Waals surface area contributed by atoms with E-state index >= 15 is 0 Å². The minimum Gasteiger partial charge on any atom is -0.357 e. The molecule has 1 aliphatic carbocycles. The lowest BCUT2D eigenvalue weighted by atomic mass is 9.71. The zero-order valence-electron chi connectivity index (χ0n) is 12.0. The van der Waals surface area contributed by atoms with Crippen molar-refractivity contribution < 1.29 is 9.53 Å². The number of carbonyl (C=O) groups excluding carboxylic acids is 1. The molecule has 1 saturated carbocycles. The van der Waals surface area contributed by atoms with Crippen LogP contribution in [0, 0.1) is 5.92 Å². The molecule has 2 rings (SSSR count). The van der Waals surface area contributed by atoms with Gasteiger partial charge in [0.2, 0.25) is 0 Å². The van der Waals surface area contributed by atoms with E-state index < -0.39 is 5.60 Å². The quantitative estimate of drug-likeness (QED) is 0.662. The molecule has 0 bridgehead atoms. The monoisotopic (exact) mass is 348 g/mol. The van der Waals surface area contributed by atoms with Crippen LogP contribution in [-0.2, 0) is 9.53 Å². The van der Waals surface area contributed by atoms with Crippen LogP contribution in [0.15, 0.2) is 12.2 Å². The minimum absolute atomic E-state index is 0.0784. The fourth-order valence-electron chi connectivity index (χ4n) is 3.08. The van der Waals surface area contributed by atoms with E-state index in [9.17, 15) is 4.79 Å². The Hall–Kier alpha value is 0.140. The average molecular weight is 350 g/mol. The van der Waals surface area contributed by atoms with Crippen LogP contribution in [0.5, 0.6) is 0 Å². The molecule has 0 radical (unpaired) electrons. The molecule has 1 heterocycles. The third-order valence-electron chi connectivity index (χ3n) is 4.51. The average Bonchev–Trinajstić information content (AvgIpc) is 2.27. The zero-order chi connectivity index (χ0) is 14.5. The second-order valence-corrected chi connectivity index (χ2v) is 8.70. The highest BCUT2D eigenvalue weighted by Gasteiger charge is 2.50. The van der Waals surface area contributed by atoms with Gasteiger partial charge in [0.25, 0.3) is 0 Å². The van der Waals surface area contributed by atoms with E-state index in [0.29, 0.717) is 0 Å². The predicted octanol–water partition coefficient (Wildman–Crippen LogP) is 4.24. The lowest BCUT2D eigenvalue weighted by Gasteiger charge is -2.48. The Morgan fingerprint density at radius 3 is 2.58 bits per heavy atom. The normalized spacial score (nSPS) is 46.3. The first-order chi connectivity index (χ1) is 8.57. The lowest BCUT2D eigenvalue weighted by Crippen LogP contribution is -2.55. The van der Waals surface area contributed by atoms with Crippen molar-refractivity contribution >= 4 is 33.3 Å². The maximum absolute atomic E-state index is 12.3. The number of rotatable bonds is 1. The van der Waals surface area contributed by atoms with Crippen molar-refractivity contribution in [2.75, 3.05) is 0 Å². The van der Waals surface area contributed by atoms with Crippen molar-refractivity contribution in [3.63, 3.8) is 0 Å². The summed E-state index contributed by atoms with van der Waals surface area (Å²) < 4.78 is 6.13. The summed E-state index contributed by atoms with van der Waals surface area (Å²) in [7, 11) is 0. The van der Waals surface area contributed by atoms with Gasteiger partial charge in [0.05, 0.1) is 10.5 Å². The molecule has 1 fully saturated rings. The van der Waals surface area contributed by atoms with Gasteiger partial charge in [-0.3, -0.25) is 4.79 Å². The van der Waals surface area contributed by atoms with E-state index in [4.69, 9.17) is 16.3 Å². The van der Waals surface area contributed by atoms with Crippen LogP contribution in [0.2, 0.25) is 0 Å². The number of ketones is 1. The third kappa shape index (κ3) is 2.93. The lowest BCUT2D eigenvalue weighted by molar-refractivity contribution is -0.171. The fourth-order valence-corrected chi connectivity index (χ4v) is 3.96. The van der Waals surface area contributed by atoms with Gasteiger partial charge in [-0.05, 0) is 65.0 Å². The van der Waals surface area contributed by atoms with Gasteiger partial charge in [-0.15, -0.1) is 11.6 Å². The molecule has 0 N–H and O–H groups in total. The summed E-state index contributed by atoms with van der Waals surface area (Å²) in [4.78, 5) is 12.3. The predicted molar refractivity (Wildman–Crippen MR) is 82.0 cm³/mol. The first kappa shape index (κ1) is 15.5. The Morgan fingerprint density at radius 2 is 2.00 bits per heavy atom. The number of ether oxygens (including phenoxy) is 1. The van der Waals surface area contributed by atoms with E-state index in [1.54, 1.807) is 6.08 Å². The summed E-state index contributed by atoms with van der Waals surface area (Å²) in [6, 6.07) is 0. The van der Waals surface area contributed by atoms with E-state index in [0.717, 1.165) is 19.3 Å². The summed E-state index contributed by atoms with van der Waals surface area (Å²) in [5, 5.41) is 0. The van der Waals surface area contributed by atoms with Crippen LogP contribution in [0.1, 0.15) is 47.0 Å². The standard InChI is InChI=1S/C15H22BrClO2/c1-13(2)7-6-12(18)15(4,19-13)10-5-8-14(3,17)11(16)9-10/h6-7,10-11H,5,8-9H2,1-4H3/t10-,11-,14-,15+/m1/s1. The van der Waals surface area contributed by atoms with E-state index in [-0.39, 0.29) is 27.0 Å². The molecule has 0 spiro atoms. The SMILES string of the molecule is CC1(C)C=CC(=O)[C@](C)([C@@H]2CC[C@@](C)(Cl)[C@H](Br)C2)O1. The van der Waals surface area contributed by atoms with Crippen LogP contribution < -0.4 is 0 Å². The van der Waals surface area contributed by atoms with Gasteiger partial charge < -0.3 is 4.74 Å².